The van der Waals surface area contributed by atoms with Crippen molar-refractivity contribution in [1.29, 1.82) is 0 Å². The van der Waals surface area contributed by atoms with Gasteiger partial charge < -0.3 is 10.4 Å². The summed E-state index contributed by atoms with van der Waals surface area (Å²) in [6, 6.07) is 10.3. The Balaban J connectivity index is 1.80. The van der Waals surface area contributed by atoms with Crippen LogP contribution >= 0.6 is 15.9 Å². The van der Waals surface area contributed by atoms with Gasteiger partial charge in [-0.1, -0.05) is 18.2 Å². The maximum Gasteiger partial charge on any atom is 0.259 e. The molecule has 2 aromatic rings. The third-order valence-electron chi connectivity index (χ3n) is 4.42. The summed E-state index contributed by atoms with van der Waals surface area (Å²) in [6.45, 7) is 1.94. The van der Waals surface area contributed by atoms with Gasteiger partial charge in [0.1, 0.15) is 5.82 Å². The molecule has 1 amide bonds. The van der Waals surface area contributed by atoms with Crippen LogP contribution in [0.3, 0.4) is 0 Å². The van der Waals surface area contributed by atoms with E-state index in [9.17, 15) is 14.3 Å². The van der Waals surface area contributed by atoms with E-state index >= 15 is 0 Å². The zero-order chi connectivity index (χ0) is 16.6. The summed E-state index contributed by atoms with van der Waals surface area (Å²) in [5, 5.41) is 12.2. The van der Waals surface area contributed by atoms with Crippen LogP contribution in [0.5, 0.6) is 0 Å². The molecule has 0 spiro atoms. The van der Waals surface area contributed by atoms with Crippen LogP contribution in [-0.4, -0.2) is 17.6 Å². The highest BCUT2D eigenvalue weighted by Crippen LogP contribution is 2.47. The van der Waals surface area contributed by atoms with Gasteiger partial charge in [0.2, 0.25) is 0 Å². The van der Waals surface area contributed by atoms with Crippen molar-refractivity contribution >= 4 is 27.5 Å². The molecule has 0 saturated heterocycles. The van der Waals surface area contributed by atoms with Crippen molar-refractivity contribution in [2.75, 3.05) is 11.9 Å². The Kier molecular flexibility index (Phi) is 4.25. The molecule has 3 rings (SSSR count). The summed E-state index contributed by atoms with van der Waals surface area (Å²) in [7, 11) is 0. The molecule has 0 radical (unpaired) electrons. The molecule has 1 saturated carbocycles. The summed E-state index contributed by atoms with van der Waals surface area (Å²) in [4.78, 5) is 12.3. The van der Waals surface area contributed by atoms with Gasteiger partial charge in [0.05, 0.1) is 12.2 Å². The van der Waals surface area contributed by atoms with Crippen molar-refractivity contribution in [3.8, 4) is 0 Å². The van der Waals surface area contributed by atoms with Crippen molar-refractivity contribution < 1.29 is 14.3 Å². The maximum absolute atomic E-state index is 13.9. The van der Waals surface area contributed by atoms with E-state index in [1.54, 1.807) is 25.1 Å². The number of carbonyl (C=O) groups excluding carboxylic acids is 1. The number of anilines is 1. The molecule has 0 atom stereocenters. The summed E-state index contributed by atoms with van der Waals surface area (Å²) < 4.78 is 14.4. The predicted octanol–water partition coefficient (Wildman–Crippen LogP) is 4.17. The van der Waals surface area contributed by atoms with Crippen molar-refractivity contribution in [3.63, 3.8) is 0 Å². The van der Waals surface area contributed by atoms with Crippen LogP contribution in [0.15, 0.2) is 40.9 Å². The first-order valence-corrected chi connectivity index (χ1v) is 8.23. The van der Waals surface area contributed by atoms with Crippen molar-refractivity contribution in [1.82, 2.24) is 0 Å². The lowest BCUT2D eigenvalue weighted by Crippen LogP contribution is -2.16. The van der Waals surface area contributed by atoms with Crippen LogP contribution < -0.4 is 5.32 Å². The standard InChI is InChI=1S/C18H17BrFNO2/c1-11-2-7-14(20)15(16(11)19)17(23)21-13-5-3-12(4-6-13)18(10-22)8-9-18/h2-7,22H,8-10H2,1H3,(H,21,23). The largest absolute Gasteiger partial charge is 0.395 e. The second kappa shape index (κ2) is 6.06. The number of hydrogen-bond acceptors (Lipinski definition) is 2. The Morgan fingerprint density at radius 1 is 1.26 bits per heavy atom. The summed E-state index contributed by atoms with van der Waals surface area (Å²) in [5.41, 5.74) is 2.36. The van der Waals surface area contributed by atoms with Crippen LogP contribution in [0.25, 0.3) is 0 Å². The van der Waals surface area contributed by atoms with E-state index in [0.29, 0.717) is 10.2 Å². The molecule has 0 bridgehead atoms. The number of carbonyl (C=O) groups is 1. The SMILES string of the molecule is Cc1ccc(F)c(C(=O)Nc2ccc(C3(CO)CC3)cc2)c1Br. The molecule has 0 aromatic heterocycles. The molecule has 1 aliphatic rings. The van der Waals surface area contributed by atoms with E-state index in [-0.39, 0.29) is 17.6 Å². The fourth-order valence-electron chi connectivity index (χ4n) is 2.65. The first-order chi connectivity index (χ1) is 11.0. The second-order valence-electron chi connectivity index (χ2n) is 6.02. The van der Waals surface area contributed by atoms with Crippen molar-refractivity contribution in [3.05, 3.63) is 63.4 Å². The fourth-order valence-corrected chi connectivity index (χ4v) is 3.16. The van der Waals surface area contributed by atoms with Gasteiger partial charge in [-0.25, -0.2) is 4.39 Å². The van der Waals surface area contributed by atoms with Gasteiger partial charge in [0, 0.05) is 15.6 Å². The molecular formula is C18H17BrFNO2. The van der Waals surface area contributed by atoms with Gasteiger partial charge in [-0.3, -0.25) is 4.79 Å². The van der Waals surface area contributed by atoms with Crippen LogP contribution in [-0.2, 0) is 5.41 Å². The van der Waals surface area contributed by atoms with Crippen LogP contribution in [0.2, 0.25) is 0 Å². The number of halogens is 2. The Labute approximate surface area is 142 Å². The lowest BCUT2D eigenvalue weighted by molar-refractivity contribution is 0.102. The maximum atomic E-state index is 13.9. The third kappa shape index (κ3) is 3.03. The number of aryl methyl sites for hydroxylation is 1. The highest BCUT2D eigenvalue weighted by atomic mass is 79.9. The lowest BCUT2D eigenvalue weighted by Gasteiger charge is -2.13. The van der Waals surface area contributed by atoms with Crippen LogP contribution in [0.1, 0.15) is 34.3 Å². The number of hydrogen-bond donors (Lipinski definition) is 2. The number of benzene rings is 2. The third-order valence-corrected chi connectivity index (χ3v) is 5.44. The zero-order valence-corrected chi connectivity index (χ0v) is 14.3. The smallest absolute Gasteiger partial charge is 0.259 e. The molecule has 2 N–H and O–H groups in total. The number of nitrogens with one attached hydrogen (secondary N) is 1. The average molecular weight is 378 g/mol. The molecule has 0 aliphatic heterocycles. The van der Waals surface area contributed by atoms with Gasteiger partial charge in [-0.15, -0.1) is 0 Å². The Bertz CT molecular complexity index is 754. The molecule has 0 unspecified atom stereocenters. The quantitative estimate of drug-likeness (QED) is 0.839. The van der Waals surface area contributed by atoms with Gasteiger partial charge in [0.25, 0.3) is 5.91 Å². The molecule has 0 heterocycles. The Morgan fingerprint density at radius 3 is 2.48 bits per heavy atom. The van der Waals surface area contributed by atoms with Gasteiger partial charge in [0.15, 0.2) is 0 Å². The molecule has 1 aliphatic carbocycles. The number of aliphatic hydroxyl groups is 1. The Hall–Kier alpha value is -1.72. The molecule has 1 fully saturated rings. The topological polar surface area (TPSA) is 49.3 Å². The normalized spacial score (nSPS) is 15.3. The van der Waals surface area contributed by atoms with E-state index in [4.69, 9.17) is 0 Å². The molecule has 120 valence electrons. The first-order valence-electron chi connectivity index (χ1n) is 7.44. The molecule has 2 aromatic carbocycles. The van der Waals surface area contributed by atoms with Gasteiger partial charge in [-0.2, -0.15) is 0 Å². The molecule has 3 nitrogen and oxygen atoms in total. The molecule has 5 heteroatoms. The highest BCUT2D eigenvalue weighted by Gasteiger charge is 2.43. The van der Waals surface area contributed by atoms with Gasteiger partial charge >= 0.3 is 0 Å². The predicted molar refractivity (Wildman–Crippen MR) is 91.2 cm³/mol. The van der Waals surface area contributed by atoms with Gasteiger partial charge in [-0.05, 0) is 65.0 Å². The van der Waals surface area contributed by atoms with Crippen molar-refractivity contribution in [2.24, 2.45) is 0 Å². The second-order valence-corrected chi connectivity index (χ2v) is 6.82. The summed E-state index contributed by atoms with van der Waals surface area (Å²) >= 11 is 3.27. The molecule has 23 heavy (non-hydrogen) atoms. The van der Waals surface area contributed by atoms with Crippen LogP contribution in [0, 0.1) is 12.7 Å². The average Bonchev–Trinajstić information content (AvgIpc) is 3.33. The Morgan fingerprint density at radius 2 is 1.91 bits per heavy atom. The monoisotopic (exact) mass is 377 g/mol. The number of rotatable bonds is 4. The number of aliphatic hydroxyl groups excluding tert-OH is 1. The fraction of sp³-hybridized carbons (Fsp3) is 0.278. The molecular weight excluding hydrogens is 361 g/mol. The van der Waals surface area contributed by atoms with Crippen molar-refractivity contribution in [2.45, 2.75) is 25.2 Å². The lowest BCUT2D eigenvalue weighted by atomic mass is 9.97. The van der Waals surface area contributed by atoms with E-state index in [2.05, 4.69) is 21.2 Å². The van der Waals surface area contributed by atoms with E-state index in [1.807, 2.05) is 12.1 Å². The van der Waals surface area contributed by atoms with E-state index in [1.165, 1.54) is 6.07 Å². The van der Waals surface area contributed by atoms with E-state index < -0.39 is 11.7 Å². The minimum atomic E-state index is -0.561. The number of amides is 1. The minimum Gasteiger partial charge on any atom is -0.395 e. The van der Waals surface area contributed by atoms with Crippen LogP contribution in [0.4, 0.5) is 10.1 Å². The summed E-state index contributed by atoms with van der Waals surface area (Å²) in [6.07, 6.45) is 1.97. The zero-order valence-electron chi connectivity index (χ0n) is 12.7. The first kappa shape index (κ1) is 16.1. The highest BCUT2D eigenvalue weighted by molar-refractivity contribution is 9.10. The van der Waals surface area contributed by atoms with E-state index in [0.717, 1.165) is 24.0 Å². The minimum absolute atomic E-state index is 0.00287. The summed E-state index contributed by atoms with van der Waals surface area (Å²) in [5.74, 6) is -1.05.